The standard InChI is InChI=1S/C23H22F3N7O3/c1-12-13(7-22(36)11-27-9-18(22)34)10-33(32-12)19-4-5-28-21(31-19)30-14-2-3-17-15(6-14)16(8-29-17)20(35)23(24,25)26/h2-6,8,10,18,27,29,34,36H,7,9,11H2,1H3,(H,28,30,31)/t18-,22+/m1/s1. The predicted octanol–water partition coefficient (Wildman–Crippen LogP) is 2.18. The van der Waals surface area contributed by atoms with Crippen LogP contribution in [0.15, 0.2) is 42.9 Å². The van der Waals surface area contributed by atoms with Crippen LogP contribution < -0.4 is 10.6 Å². The van der Waals surface area contributed by atoms with Gasteiger partial charge in [-0.15, -0.1) is 0 Å². The maximum atomic E-state index is 12.9. The van der Waals surface area contributed by atoms with Crippen LogP contribution in [0.3, 0.4) is 0 Å². The summed E-state index contributed by atoms with van der Waals surface area (Å²) in [5.74, 6) is -1.36. The van der Waals surface area contributed by atoms with Crippen molar-refractivity contribution in [1.29, 1.82) is 0 Å². The number of aromatic nitrogens is 5. The number of alkyl halides is 3. The van der Waals surface area contributed by atoms with E-state index < -0.39 is 29.2 Å². The van der Waals surface area contributed by atoms with Gasteiger partial charge in [-0.3, -0.25) is 4.79 Å². The summed E-state index contributed by atoms with van der Waals surface area (Å²) >= 11 is 0. The van der Waals surface area contributed by atoms with Gasteiger partial charge in [-0.1, -0.05) is 0 Å². The van der Waals surface area contributed by atoms with E-state index in [4.69, 9.17) is 0 Å². The molecule has 0 bridgehead atoms. The van der Waals surface area contributed by atoms with E-state index >= 15 is 0 Å². The Hall–Kier alpha value is -3.81. The summed E-state index contributed by atoms with van der Waals surface area (Å²) in [5.41, 5.74) is 0.410. The molecule has 3 aromatic heterocycles. The predicted molar refractivity (Wildman–Crippen MR) is 123 cm³/mol. The number of Topliss-reactive ketones (excluding diaryl/α,β-unsaturated/α-hetero) is 1. The van der Waals surface area contributed by atoms with E-state index in [0.29, 0.717) is 29.3 Å². The van der Waals surface area contributed by atoms with Crippen LogP contribution in [0, 0.1) is 6.92 Å². The number of anilines is 2. The van der Waals surface area contributed by atoms with Gasteiger partial charge in [0.1, 0.15) is 5.60 Å². The van der Waals surface area contributed by atoms with Crippen LogP contribution in [0.25, 0.3) is 16.7 Å². The Labute approximate surface area is 202 Å². The molecule has 1 saturated heterocycles. The van der Waals surface area contributed by atoms with E-state index in [1.54, 1.807) is 31.3 Å². The molecule has 0 spiro atoms. The fourth-order valence-electron chi connectivity index (χ4n) is 4.23. The second kappa shape index (κ2) is 8.69. The third kappa shape index (κ3) is 4.43. The van der Waals surface area contributed by atoms with Crippen LogP contribution in [-0.4, -0.2) is 71.7 Å². The molecule has 4 aromatic rings. The van der Waals surface area contributed by atoms with Crippen molar-refractivity contribution in [2.75, 3.05) is 18.4 Å². The number of nitrogens with zero attached hydrogens (tertiary/aromatic N) is 4. The molecule has 2 atom stereocenters. The Morgan fingerprint density at radius 3 is 2.86 bits per heavy atom. The zero-order valence-electron chi connectivity index (χ0n) is 19.0. The quantitative estimate of drug-likeness (QED) is 0.253. The van der Waals surface area contributed by atoms with Crippen molar-refractivity contribution >= 4 is 28.3 Å². The highest BCUT2D eigenvalue weighted by molar-refractivity contribution is 6.11. The lowest BCUT2D eigenvalue weighted by molar-refractivity contribution is -0.0884. The summed E-state index contributed by atoms with van der Waals surface area (Å²) in [6, 6.07) is 6.21. The van der Waals surface area contributed by atoms with Crippen molar-refractivity contribution in [3.05, 3.63) is 59.7 Å². The van der Waals surface area contributed by atoms with E-state index in [-0.39, 0.29) is 24.3 Å². The minimum Gasteiger partial charge on any atom is -0.389 e. The molecule has 4 heterocycles. The fraction of sp³-hybridized carbons (Fsp3) is 0.304. The Kier molecular flexibility index (Phi) is 5.77. The summed E-state index contributed by atoms with van der Waals surface area (Å²) < 4.78 is 40.3. The second-order valence-electron chi connectivity index (χ2n) is 8.76. The number of benzene rings is 1. The van der Waals surface area contributed by atoms with E-state index in [1.165, 1.54) is 16.9 Å². The van der Waals surface area contributed by atoms with E-state index in [2.05, 4.69) is 30.7 Å². The number of aliphatic hydroxyl groups is 2. The second-order valence-corrected chi connectivity index (χ2v) is 8.76. The van der Waals surface area contributed by atoms with E-state index in [9.17, 15) is 28.2 Å². The van der Waals surface area contributed by atoms with Gasteiger partial charge < -0.3 is 25.8 Å². The zero-order valence-corrected chi connectivity index (χ0v) is 19.0. The number of halogens is 3. The van der Waals surface area contributed by atoms with Crippen LogP contribution in [-0.2, 0) is 6.42 Å². The molecule has 1 fully saturated rings. The minimum atomic E-state index is -4.99. The lowest BCUT2D eigenvalue weighted by atomic mass is 9.92. The molecule has 0 amide bonds. The normalized spacial score (nSPS) is 20.2. The lowest BCUT2D eigenvalue weighted by Crippen LogP contribution is -2.43. The van der Waals surface area contributed by atoms with Crippen molar-refractivity contribution in [3.63, 3.8) is 0 Å². The van der Waals surface area contributed by atoms with Gasteiger partial charge in [0.05, 0.1) is 17.4 Å². The zero-order chi connectivity index (χ0) is 25.7. The van der Waals surface area contributed by atoms with Gasteiger partial charge in [-0.25, -0.2) is 9.67 Å². The number of fused-ring (bicyclic) bond motifs is 1. The van der Waals surface area contributed by atoms with Gasteiger partial charge in [0.15, 0.2) is 5.82 Å². The Balaban J connectivity index is 1.39. The number of hydrogen-bond acceptors (Lipinski definition) is 8. The fourth-order valence-corrected chi connectivity index (χ4v) is 4.23. The smallest absolute Gasteiger partial charge is 0.389 e. The average Bonchev–Trinajstić information content (AvgIpc) is 3.50. The molecule has 0 aliphatic carbocycles. The van der Waals surface area contributed by atoms with Crippen LogP contribution in [0.2, 0.25) is 0 Å². The van der Waals surface area contributed by atoms with Gasteiger partial charge in [0.2, 0.25) is 5.95 Å². The number of nitrogens with one attached hydrogen (secondary N) is 3. The Bertz CT molecular complexity index is 1450. The van der Waals surface area contributed by atoms with Crippen molar-refractivity contribution in [1.82, 2.24) is 30.0 Å². The maximum Gasteiger partial charge on any atom is 0.454 e. The number of rotatable bonds is 6. The number of ketones is 1. The first-order chi connectivity index (χ1) is 17.0. The number of carbonyl (C=O) groups is 1. The van der Waals surface area contributed by atoms with Crippen molar-refractivity contribution in [2.45, 2.75) is 31.2 Å². The van der Waals surface area contributed by atoms with E-state index in [1.807, 2.05) is 0 Å². The number of H-pyrrole nitrogens is 1. The molecule has 0 unspecified atom stereocenters. The number of carbonyl (C=O) groups excluding carboxylic acids is 1. The highest BCUT2D eigenvalue weighted by Crippen LogP contribution is 2.29. The minimum absolute atomic E-state index is 0.118. The first kappa shape index (κ1) is 23.9. The number of hydrogen-bond donors (Lipinski definition) is 5. The molecule has 1 aromatic carbocycles. The summed E-state index contributed by atoms with van der Waals surface area (Å²) in [6.45, 7) is 2.36. The number of aliphatic hydroxyl groups excluding tert-OH is 1. The molecular weight excluding hydrogens is 479 g/mol. The van der Waals surface area contributed by atoms with Crippen molar-refractivity contribution in [2.24, 2.45) is 0 Å². The summed E-state index contributed by atoms with van der Waals surface area (Å²) in [6.07, 6.45) is -1.43. The summed E-state index contributed by atoms with van der Waals surface area (Å²) in [4.78, 5) is 23.0. The maximum absolute atomic E-state index is 12.9. The van der Waals surface area contributed by atoms with Crippen LogP contribution >= 0.6 is 0 Å². The molecular formula is C23H22F3N7O3. The van der Waals surface area contributed by atoms with Crippen LogP contribution in [0.4, 0.5) is 24.8 Å². The number of aromatic amines is 1. The van der Waals surface area contributed by atoms with Crippen LogP contribution in [0.5, 0.6) is 0 Å². The number of aryl methyl sites for hydroxylation is 1. The van der Waals surface area contributed by atoms with Gasteiger partial charge in [-0.05, 0) is 30.7 Å². The molecule has 13 heteroatoms. The third-order valence-electron chi connectivity index (χ3n) is 6.20. The molecule has 0 radical (unpaired) electrons. The van der Waals surface area contributed by atoms with Gasteiger partial charge in [-0.2, -0.15) is 23.3 Å². The lowest BCUT2D eigenvalue weighted by Gasteiger charge is -2.25. The Morgan fingerprint density at radius 2 is 2.14 bits per heavy atom. The summed E-state index contributed by atoms with van der Waals surface area (Å²) in [7, 11) is 0. The SMILES string of the molecule is Cc1nn(-c2ccnc(Nc3ccc4[nH]cc(C(=O)C(F)(F)F)c4c3)n2)cc1C[C@]1(O)CNC[C@H]1O. The van der Waals surface area contributed by atoms with Gasteiger partial charge >= 0.3 is 6.18 Å². The average molecular weight is 501 g/mol. The first-order valence-corrected chi connectivity index (χ1v) is 11.0. The molecule has 1 aliphatic rings. The first-order valence-electron chi connectivity index (χ1n) is 11.0. The monoisotopic (exact) mass is 501 g/mol. The summed E-state index contributed by atoms with van der Waals surface area (Å²) in [5, 5.41) is 31.3. The third-order valence-corrected chi connectivity index (χ3v) is 6.20. The van der Waals surface area contributed by atoms with Crippen molar-refractivity contribution < 1.29 is 28.2 Å². The molecule has 188 valence electrons. The van der Waals surface area contributed by atoms with E-state index in [0.717, 1.165) is 11.8 Å². The largest absolute Gasteiger partial charge is 0.454 e. The van der Waals surface area contributed by atoms with Crippen molar-refractivity contribution in [3.8, 4) is 5.82 Å². The molecule has 0 saturated carbocycles. The van der Waals surface area contributed by atoms with Crippen LogP contribution in [0.1, 0.15) is 21.6 Å². The topological polar surface area (TPSA) is 141 Å². The number of β-amino-alcohol motifs (C(OH)–C–C–N with tert-alkyl or cyclic N) is 2. The molecule has 10 nitrogen and oxygen atoms in total. The Morgan fingerprint density at radius 1 is 1.33 bits per heavy atom. The van der Waals surface area contributed by atoms with Gasteiger partial charge in [0, 0.05) is 60.8 Å². The molecule has 1 aliphatic heterocycles. The molecule has 5 rings (SSSR count). The highest BCUT2D eigenvalue weighted by Gasteiger charge is 2.41. The van der Waals surface area contributed by atoms with Gasteiger partial charge in [0.25, 0.3) is 5.78 Å². The molecule has 5 N–H and O–H groups in total. The molecule has 36 heavy (non-hydrogen) atoms. The highest BCUT2D eigenvalue weighted by atomic mass is 19.4.